The topological polar surface area (TPSA) is 112 Å². The normalized spacial score (nSPS) is 18.4. The molecule has 11 heteroatoms. The predicted octanol–water partition coefficient (Wildman–Crippen LogP) is 4.02. The van der Waals surface area contributed by atoms with Gasteiger partial charge < -0.3 is 25.0 Å². The van der Waals surface area contributed by atoms with Gasteiger partial charge in [-0.05, 0) is 69.1 Å². The summed E-state index contributed by atoms with van der Waals surface area (Å²) in [7, 11) is 1.92. The van der Waals surface area contributed by atoms with E-state index in [1.807, 2.05) is 50.1 Å². The molecule has 4 rings (SSSR count). The summed E-state index contributed by atoms with van der Waals surface area (Å²) in [4.78, 5) is 47.2. The molecule has 0 radical (unpaired) electrons. The third-order valence-corrected chi connectivity index (χ3v) is 8.14. The second kappa shape index (κ2) is 11.5. The second-order valence-electron chi connectivity index (χ2n) is 11.3. The SMILES string of the molecule is Cc1ccc(NC(=O)C2(c3ccccc3C(C)C)CN(C(=O)CC3(C(=O)O)CCN(C)CC3)C2)c(OC(F)F)n1. The fourth-order valence-corrected chi connectivity index (χ4v) is 5.61. The van der Waals surface area contributed by atoms with Crippen molar-refractivity contribution in [3.05, 3.63) is 53.2 Å². The molecule has 0 aliphatic carbocycles. The number of carbonyl (C=O) groups is 3. The Bertz CT molecular complexity index is 1270. The Morgan fingerprint density at radius 1 is 1.10 bits per heavy atom. The number of carboxylic acid groups (broad SMARTS) is 1. The van der Waals surface area contributed by atoms with Gasteiger partial charge in [-0.3, -0.25) is 14.4 Å². The molecule has 1 aromatic heterocycles. The number of benzene rings is 1. The van der Waals surface area contributed by atoms with Crippen molar-refractivity contribution in [2.24, 2.45) is 5.41 Å². The lowest BCUT2D eigenvalue weighted by Crippen LogP contribution is -2.67. The molecule has 0 atom stereocenters. The molecule has 2 aliphatic heterocycles. The molecule has 1 aromatic carbocycles. The van der Waals surface area contributed by atoms with Crippen LogP contribution in [0.5, 0.6) is 5.88 Å². The van der Waals surface area contributed by atoms with Gasteiger partial charge in [-0.15, -0.1) is 0 Å². The molecule has 0 unspecified atom stereocenters. The van der Waals surface area contributed by atoms with Crippen molar-refractivity contribution in [3.8, 4) is 5.88 Å². The summed E-state index contributed by atoms with van der Waals surface area (Å²) in [6, 6.07) is 10.5. The summed E-state index contributed by atoms with van der Waals surface area (Å²) >= 11 is 0. The Kier molecular flexibility index (Phi) is 8.44. The van der Waals surface area contributed by atoms with E-state index >= 15 is 0 Å². The highest BCUT2D eigenvalue weighted by atomic mass is 19.3. The molecular formula is C29H36F2N4O5. The van der Waals surface area contributed by atoms with E-state index in [1.54, 1.807) is 13.0 Å². The first-order valence-electron chi connectivity index (χ1n) is 13.4. The van der Waals surface area contributed by atoms with Crippen LogP contribution in [0.15, 0.2) is 36.4 Å². The minimum Gasteiger partial charge on any atom is -0.481 e. The van der Waals surface area contributed by atoms with Gasteiger partial charge in [0.05, 0.1) is 5.41 Å². The summed E-state index contributed by atoms with van der Waals surface area (Å²) in [5.41, 5.74) is -0.224. The van der Waals surface area contributed by atoms with Crippen molar-refractivity contribution in [1.82, 2.24) is 14.8 Å². The highest BCUT2D eigenvalue weighted by Gasteiger charge is 2.55. The number of ether oxygens (including phenoxy) is 1. The maximum Gasteiger partial charge on any atom is 0.388 e. The summed E-state index contributed by atoms with van der Waals surface area (Å²) < 4.78 is 30.7. The number of piperidine rings is 1. The number of likely N-dealkylation sites (tertiary alicyclic amines) is 2. The number of rotatable bonds is 9. The Morgan fingerprint density at radius 2 is 1.75 bits per heavy atom. The van der Waals surface area contributed by atoms with E-state index in [4.69, 9.17) is 0 Å². The molecule has 2 aliphatic rings. The number of pyridine rings is 1. The van der Waals surface area contributed by atoms with Gasteiger partial charge in [0.15, 0.2) is 0 Å². The maximum absolute atomic E-state index is 14.0. The number of hydrogen-bond acceptors (Lipinski definition) is 6. The number of carboxylic acids is 1. The summed E-state index contributed by atoms with van der Waals surface area (Å²) in [6.45, 7) is 3.72. The largest absolute Gasteiger partial charge is 0.481 e. The lowest BCUT2D eigenvalue weighted by molar-refractivity contribution is -0.160. The zero-order valence-electron chi connectivity index (χ0n) is 23.2. The second-order valence-corrected chi connectivity index (χ2v) is 11.3. The number of anilines is 1. The molecule has 2 N–H and O–H groups in total. The van der Waals surface area contributed by atoms with Crippen molar-refractivity contribution in [2.45, 2.75) is 58.0 Å². The first-order chi connectivity index (χ1) is 18.9. The molecule has 9 nitrogen and oxygen atoms in total. The third-order valence-electron chi connectivity index (χ3n) is 8.14. The van der Waals surface area contributed by atoms with Gasteiger partial charge in [0.1, 0.15) is 11.1 Å². The molecule has 2 aromatic rings. The minimum absolute atomic E-state index is 0.00163. The molecular weight excluding hydrogens is 522 g/mol. The Labute approximate surface area is 232 Å². The van der Waals surface area contributed by atoms with E-state index in [9.17, 15) is 28.3 Å². The molecule has 40 heavy (non-hydrogen) atoms. The fourth-order valence-electron chi connectivity index (χ4n) is 5.61. The van der Waals surface area contributed by atoms with Gasteiger partial charge in [-0.1, -0.05) is 38.1 Å². The molecule has 2 saturated heterocycles. The quantitative estimate of drug-likeness (QED) is 0.478. The monoisotopic (exact) mass is 558 g/mol. The number of nitrogens with one attached hydrogen (secondary N) is 1. The number of aromatic nitrogens is 1. The third kappa shape index (κ3) is 5.79. The van der Waals surface area contributed by atoms with Crippen molar-refractivity contribution in [3.63, 3.8) is 0 Å². The van der Waals surface area contributed by atoms with Crippen LogP contribution in [0.3, 0.4) is 0 Å². The first kappa shape index (κ1) is 29.4. The Hall–Kier alpha value is -3.60. The predicted molar refractivity (Wildman–Crippen MR) is 144 cm³/mol. The van der Waals surface area contributed by atoms with Crippen LogP contribution in [0, 0.1) is 12.3 Å². The van der Waals surface area contributed by atoms with Crippen LogP contribution in [0.1, 0.15) is 55.8 Å². The van der Waals surface area contributed by atoms with E-state index in [0.717, 1.165) is 11.1 Å². The Balaban J connectivity index is 1.63. The van der Waals surface area contributed by atoms with Gasteiger partial charge in [-0.2, -0.15) is 8.78 Å². The first-order valence-corrected chi connectivity index (χ1v) is 13.4. The van der Waals surface area contributed by atoms with E-state index in [0.29, 0.717) is 31.6 Å². The number of nitrogens with zero attached hydrogens (tertiary/aromatic N) is 3. The maximum atomic E-state index is 14.0. The zero-order valence-corrected chi connectivity index (χ0v) is 23.2. The van der Waals surface area contributed by atoms with Crippen LogP contribution in [-0.4, -0.2) is 77.5 Å². The highest BCUT2D eigenvalue weighted by molar-refractivity contribution is 6.03. The van der Waals surface area contributed by atoms with E-state index < -0.39 is 35.2 Å². The molecule has 2 amide bonds. The number of aliphatic carboxylic acids is 1. The molecule has 3 heterocycles. The summed E-state index contributed by atoms with van der Waals surface area (Å²) in [5, 5.41) is 12.7. The minimum atomic E-state index is -3.13. The van der Waals surface area contributed by atoms with Gasteiger partial charge in [0, 0.05) is 25.2 Å². The average Bonchev–Trinajstić information content (AvgIpc) is 2.86. The van der Waals surface area contributed by atoms with E-state index in [-0.39, 0.29) is 37.0 Å². The van der Waals surface area contributed by atoms with Crippen LogP contribution in [0.25, 0.3) is 0 Å². The van der Waals surface area contributed by atoms with Crippen molar-refractivity contribution >= 4 is 23.5 Å². The molecule has 0 spiro atoms. The van der Waals surface area contributed by atoms with Crippen LogP contribution in [0.4, 0.5) is 14.5 Å². The van der Waals surface area contributed by atoms with Crippen molar-refractivity contribution in [1.29, 1.82) is 0 Å². The summed E-state index contributed by atoms with van der Waals surface area (Å²) in [5.74, 6) is -2.12. The number of aryl methyl sites for hydroxylation is 1. The average molecular weight is 559 g/mol. The van der Waals surface area contributed by atoms with Gasteiger partial charge >= 0.3 is 12.6 Å². The molecule has 0 bridgehead atoms. The lowest BCUT2D eigenvalue weighted by Gasteiger charge is -2.51. The smallest absolute Gasteiger partial charge is 0.388 e. The highest BCUT2D eigenvalue weighted by Crippen LogP contribution is 2.43. The fraction of sp³-hybridized carbons (Fsp3) is 0.517. The van der Waals surface area contributed by atoms with Crippen LogP contribution < -0.4 is 10.1 Å². The summed E-state index contributed by atoms with van der Waals surface area (Å²) in [6.07, 6.45) is 0.592. The molecule has 216 valence electrons. The van der Waals surface area contributed by atoms with E-state index in [1.165, 1.54) is 11.0 Å². The number of hydrogen-bond donors (Lipinski definition) is 2. The van der Waals surface area contributed by atoms with Crippen molar-refractivity contribution < 1.29 is 33.0 Å². The van der Waals surface area contributed by atoms with E-state index in [2.05, 4.69) is 15.0 Å². The number of alkyl halides is 2. The zero-order chi connectivity index (χ0) is 29.2. The van der Waals surface area contributed by atoms with Gasteiger partial charge in [0.25, 0.3) is 0 Å². The van der Waals surface area contributed by atoms with Crippen LogP contribution in [0.2, 0.25) is 0 Å². The van der Waals surface area contributed by atoms with Gasteiger partial charge in [-0.25, -0.2) is 4.98 Å². The van der Waals surface area contributed by atoms with Crippen LogP contribution >= 0.6 is 0 Å². The number of amides is 2. The number of halogens is 2. The molecule has 0 saturated carbocycles. The van der Waals surface area contributed by atoms with Crippen LogP contribution in [-0.2, 0) is 19.8 Å². The lowest BCUT2D eigenvalue weighted by atomic mass is 9.68. The Morgan fingerprint density at radius 3 is 2.35 bits per heavy atom. The number of carbonyl (C=O) groups excluding carboxylic acids is 2. The van der Waals surface area contributed by atoms with Gasteiger partial charge in [0.2, 0.25) is 17.7 Å². The standard InChI is InChI=1S/C29H36F2N4O5/c1-18(2)20-7-5-6-8-21(20)29(25(37)33-22-10-9-19(3)32-24(22)40-27(30)31)16-35(17-29)23(36)15-28(26(38)39)11-13-34(4)14-12-28/h5-10,18,27H,11-17H2,1-4H3,(H,33,37)(H,38,39). The molecule has 2 fully saturated rings. The van der Waals surface area contributed by atoms with Crippen molar-refractivity contribution in [2.75, 3.05) is 38.5 Å².